The Morgan fingerprint density at radius 1 is 1.24 bits per heavy atom. The van der Waals surface area contributed by atoms with Gasteiger partial charge in [0.15, 0.2) is 11.5 Å². The monoisotopic (exact) mass is 237 g/mol. The first-order chi connectivity index (χ1) is 8.21. The third-order valence-corrected chi connectivity index (χ3v) is 3.13. The Balaban J connectivity index is 2.41. The second-order valence-electron chi connectivity index (χ2n) is 3.95. The van der Waals surface area contributed by atoms with Gasteiger partial charge in [-0.2, -0.15) is 0 Å². The molecule has 1 aliphatic rings. The van der Waals surface area contributed by atoms with Crippen molar-refractivity contribution in [3.05, 3.63) is 17.7 Å². The fraction of sp³-hybridized carbons (Fsp3) is 0.417. The molecule has 17 heavy (non-hydrogen) atoms. The van der Waals surface area contributed by atoms with Gasteiger partial charge < -0.3 is 19.8 Å². The normalized spacial score (nSPS) is 21.1. The SMILES string of the molecule is COc1cc(O)c([C@H]2CCC2=NO)cc1OC. The van der Waals surface area contributed by atoms with Gasteiger partial charge >= 0.3 is 0 Å². The highest BCUT2D eigenvalue weighted by Gasteiger charge is 2.31. The van der Waals surface area contributed by atoms with Crippen LogP contribution in [0.25, 0.3) is 0 Å². The number of ether oxygens (including phenoxy) is 2. The van der Waals surface area contributed by atoms with Gasteiger partial charge in [0.1, 0.15) is 5.75 Å². The molecule has 1 saturated carbocycles. The summed E-state index contributed by atoms with van der Waals surface area (Å²) in [6.45, 7) is 0. The lowest BCUT2D eigenvalue weighted by molar-refractivity contribution is 0.310. The maximum absolute atomic E-state index is 9.92. The van der Waals surface area contributed by atoms with Gasteiger partial charge in [-0.25, -0.2) is 0 Å². The van der Waals surface area contributed by atoms with Crippen molar-refractivity contribution in [2.45, 2.75) is 18.8 Å². The molecule has 1 aliphatic carbocycles. The van der Waals surface area contributed by atoms with Gasteiger partial charge in [-0.3, -0.25) is 0 Å². The first-order valence-corrected chi connectivity index (χ1v) is 5.37. The van der Waals surface area contributed by atoms with Gasteiger partial charge in [0, 0.05) is 17.5 Å². The van der Waals surface area contributed by atoms with Crippen molar-refractivity contribution in [3.8, 4) is 17.2 Å². The molecule has 1 atom stereocenters. The van der Waals surface area contributed by atoms with Crippen molar-refractivity contribution in [3.63, 3.8) is 0 Å². The molecule has 0 spiro atoms. The maximum Gasteiger partial charge on any atom is 0.164 e. The third-order valence-electron chi connectivity index (χ3n) is 3.13. The van der Waals surface area contributed by atoms with E-state index in [9.17, 15) is 5.11 Å². The second-order valence-corrected chi connectivity index (χ2v) is 3.95. The van der Waals surface area contributed by atoms with E-state index in [0.29, 0.717) is 22.8 Å². The Labute approximate surface area is 99.3 Å². The van der Waals surface area contributed by atoms with E-state index in [4.69, 9.17) is 14.7 Å². The van der Waals surface area contributed by atoms with Gasteiger partial charge in [0.2, 0.25) is 0 Å². The number of phenolic OH excluding ortho intramolecular Hbond substituents is 1. The minimum absolute atomic E-state index is 0.0280. The lowest BCUT2D eigenvalue weighted by Gasteiger charge is -2.28. The van der Waals surface area contributed by atoms with Crippen LogP contribution in [0.3, 0.4) is 0 Å². The predicted molar refractivity (Wildman–Crippen MR) is 62.4 cm³/mol. The number of phenols is 1. The summed E-state index contributed by atoms with van der Waals surface area (Å²) in [7, 11) is 3.06. The lowest BCUT2D eigenvalue weighted by Crippen LogP contribution is -2.23. The fourth-order valence-corrected chi connectivity index (χ4v) is 2.04. The van der Waals surface area contributed by atoms with Crippen LogP contribution >= 0.6 is 0 Å². The van der Waals surface area contributed by atoms with E-state index in [1.54, 1.807) is 13.2 Å². The number of aromatic hydroxyl groups is 1. The molecule has 0 aromatic heterocycles. The summed E-state index contributed by atoms with van der Waals surface area (Å²) in [5.74, 6) is 1.15. The van der Waals surface area contributed by atoms with Crippen LogP contribution in [0, 0.1) is 0 Å². The largest absolute Gasteiger partial charge is 0.508 e. The number of benzene rings is 1. The van der Waals surface area contributed by atoms with Crippen LogP contribution in [-0.2, 0) is 0 Å². The second kappa shape index (κ2) is 4.53. The highest BCUT2D eigenvalue weighted by molar-refractivity contribution is 5.96. The van der Waals surface area contributed by atoms with Crippen LogP contribution in [-0.4, -0.2) is 30.2 Å². The highest BCUT2D eigenvalue weighted by atomic mass is 16.5. The van der Waals surface area contributed by atoms with E-state index in [2.05, 4.69) is 5.16 Å². The summed E-state index contributed by atoms with van der Waals surface area (Å²) in [6, 6.07) is 3.24. The van der Waals surface area contributed by atoms with Crippen LogP contribution in [0.15, 0.2) is 17.3 Å². The van der Waals surface area contributed by atoms with Crippen molar-refractivity contribution in [1.82, 2.24) is 0 Å². The highest BCUT2D eigenvalue weighted by Crippen LogP contribution is 2.43. The average molecular weight is 237 g/mol. The molecule has 0 saturated heterocycles. The number of methoxy groups -OCH3 is 2. The van der Waals surface area contributed by atoms with Gasteiger partial charge in [-0.05, 0) is 18.9 Å². The van der Waals surface area contributed by atoms with Crippen LogP contribution in [0.2, 0.25) is 0 Å². The molecule has 0 heterocycles. The Hall–Kier alpha value is -1.91. The number of hydrogen-bond acceptors (Lipinski definition) is 5. The van der Waals surface area contributed by atoms with E-state index in [-0.39, 0.29) is 11.7 Å². The molecular formula is C12H15NO4. The number of rotatable bonds is 3. The van der Waals surface area contributed by atoms with Crippen molar-refractivity contribution in [1.29, 1.82) is 0 Å². The Morgan fingerprint density at radius 3 is 2.35 bits per heavy atom. The maximum atomic E-state index is 9.92. The van der Waals surface area contributed by atoms with Crippen molar-refractivity contribution < 1.29 is 19.8 Å². The van der Waals surface area contributed by atoms with Crippen molar-refractivity contribution in [2.75, 3.05) is 14.2 Å². The van der Waals surface area contributed by atoms with E-state index < -0.39 is 0 Å². The molecule has 1 aromatic rings. The standard InChI is InChI=1S/C12H15NO4/c1-16-11-5-8(7-3-4-9(7)13-15)10(14)6-12(11)17-2/h5-7,14-15H,3-4H2,1-2H3/t7-/m1/s1. The molecule has 92 valence electrons. The molecule has 0 aliphatic heterocycles. The topological polar surface area (TPSA) is 71.3 Å². The van der Waals surface area contributed by atoms with Crippen LogP contribution < -0.4 is 9.47 Å². The lowest BCUT2D eigenvalue weighted by atomic mass is 9.77. The van der Waals surface area contributed by atoms with E-state index in [0.717, 1.165) is 12.8 Å². The molecule has 0 amide bonds. The first-order valence-electron chi connectivity index (χ1n) is 5.37. The Kier molecular flexibility index (Phi) is 3.08. The molecular weight excluding hydrogens is 222 g/mol. The zero-order valence-electron chi connectivity index (χ0n) is 9.80. The summed E-state index contributed by atoms with van der Waals surface area (Å²) in [6.07, 6.45) is 1.62. The van der Waals surface area contributed by atoms with Crippen molar-refractivity contribution >= 4 is 5.71 Å². The Bertz CT molecular complexity index is 456. The minimum Gasteiger partial charge on any atom is -0.508 e. The average Bonchev–Trinajstić information content (AvgIpc) is 2.30. The molecule has 0 unspecified atom stereocenters. The summed E-state index contributed by atoms with van der Waals surface area (Å²) in [5.41, 5.74) is 1.40. The summed E-state index contributed by atoms with van der Waals surface area (Å²) >= 11 is 0. The van der Waals surface area contributed by atoms with E-state index >= 15 is 0 Å². The Morgan fingerprint density at radius 2 is 1.88 bits per heavy atom. The van der Waals surface area contributed by atoms with Crippen LogP contribution in [0.5, 0.6) is 17.2 Å². The molecule has 0 radical (unpaired) electrons. The van der Waals surface area contributed by atoms with Crippen LogP contribution in [0.4, 0.5) is 0 Å². The van der Waals surface area contributed by atoms with Gasteiger partial charge in [-0.15, -0.1) is 0 Å². The molecule has 1 aromatic carbocycles. The van der Waals surface area contributed by atoms with Gasteiger partial charge in [0.05, 0.1) is 19.9 Å². The summed E-state index contributed by atoms with van der Waals surface area (Å²) in [4.78, 5) is 0. The number of nitrogens with zero attached hydrogens (tertiary/aromatic N) is 1. The molecule has 0 bridgehead atoms. The molecule has 5 heteroatoms. The van der Waals surface area contributed by atoms with Crippen LogP contribution in [0.1, 0.15) is 24.3 Å². The molecule has 2 N–H and O–H groups in total. The third kappa shape index (κ3) is 1.88. The minimum atomic E-state index is -0.0280. The fourth-order valence-electron chi connectivity index (χ4n) is 2.04. The summed E-state index contributed by atoms with van der Waals surface area (Å²) < 4.78 is 10.3. The van der Waals surface area contributed by atoms with E-state index in [1.165, 1.54) is 13.2 Å². The molecule has 5 nitrogen and oxygen atoms in total. The molecule has 2 rings (SSSR count). The zero-order valence-corrected chi connectivity index (χ0v) is 9.80. The van der Waals surface area contributed by atoms with Crippen molar-refractivity contribution in [2.24, 2.45) is 5.16 Å². The van der Waals surface area contributed by atoms with Gasteiger partial charge in [-0.1, -0.05) is 5.16 Å². The predicted octanol–water partition coefficient (Wildman–Crippen LogP) is 2.12. The molecule has 1 fully saturated rings. The van der Waals surface area contributed by atoms with E-state index in [1.807, 2.05) is 0 Å². The zero-order chi connectivity index (χ0) is 12.4. The van der Waals surface area contributed by atoms with Gasteiger partial charge in [0.25, 0.3) is 0 Å². The number of oxime groups is 1. The smallest absolute Gasteiger partial charge is 0.164 e. The first kappa shape index (κ1) is 11.6. The quantitative estimate of drug-likeness (QED) is 0.624. The summed E-state index contributed by atoms with van der Waals surface area (Å²) in [5, 5.41) is 21.9. The number of hydrogen-bond donors (Lipinski definition) is 2.